The molecule has 2 heteroatoms. The molecule has 0 N–H and O–H groups in total. The van der Waals surface area contributed by atoms with Crippen molar-refractivity contribution in [2.75, 3.05) is 9.80 Å². The Bertz CT molecular complexity index is 3340. The van der Waals surface area contributed by atoms with E-state index in [4.69, 9.17) is 0 Å². The van der Waals surface area contributed by atoms with Crippen LogP contribution in [0.25, 0.3) is 33.4 Å². The number of hydrogen-bond acceptors (Lipinski definition) is 2. The van der Waals surface area contributed by atoms with Crippen LogP contribution in [0, 0.1) is 0 Å². The summed E-state index contributed by atoms with van der Waals surface area (Å²) in [7, 11) is 0. The topological polar surface area (TPSA) is 6.48 Å². The first-order valence-corrected chi connectivity index (χ1v) is 23.0. The summed E-state index contributed by atoms with van der Waals surface area (Å²) in [5.74, 6) is 0. The van der Waals surface area contributed by atoms with Gasteiger partial charge in [-0.05, 0) is 127 Å². The van der Waals surface area contributed by atoms with Crippen LogP contribution in [0.2, 0.25) is 0 Å². The van der Waals surface area contributed by atoms with Crippen LogP contribution in [-0.2, 0) is 10.8 Å². The summed E-state index contributed by atoms with van der Waals surface area (Å²) >= 11 is 0. The highest BCUT2D eigenvalue weighted by Gasteiger charge is 2.46. The van der Waals surface area contributed by atoms with Gasteiger partial charge in [-0.15, -0.1) is 0 Å². The maximum absolute atomic E-state index is 2.47. The molecule has 10 aromatic rings. The zero-order valence-electron chi connectivity index (χ0n) is 37.1. The first kappa shape index (κ1) is 39.4. The monoisotopic (exact) mass is 844 g/mol. The molecule has 12 rings (SSSR count). The van der Waals surface area contributed by atoms with E-state index in [9.17, 15) is 0 Å². The predicted octanol–water partition coefficient (Wildman–Crippen LogP) is 17.0. The summed E-state index contributed by atoms with van der Waals surface area (Å²) in [6.45, 7) is 4.72. The van der Waals surface area contributed by atoms with E-state index in [2.05, 4.69) is 278 Å². The molecule has 0 atom stereocenters. The molecule has 0 spiro atoms. The van der Waals surface area contributed by atoms with Crippen molar-refractivity contribution in [1.82, 2.24) is 0 Å². The summed E-state index contributed by atoms with van der Waals surface area (Å²) < 4.78 is 0. The molecule has 0 unspecified atom stereocenters. The smallest absolute Gasteiger partial charge is 0.0742 e. The molecular weight excluding hydrogens is 797 g/mol. The largest absolute Gasteiger partial charge is 0.310 e. The number of para-hydroxylation sites is 2. The number of nitrogens with zero attached hydrogens (tertiary/aromatic N) is 2. The van der Waals surface area contributed by atoms with E-state index in [1.807, 2.05) is 0 Å². The van der Waals surface area contributed by atoms with E-state index < -0.39 is 5.41 Å². The number of benzene rings is 10. The van der Waals surface area contributed by atoms with Crippen LogP contribution >= 0.6 is 0 Å². The fourth-order valence-corrected chi connectivity index (χ4v) is 11.0. The van der Waals surface area contributed by atoms with Crippen molar-refractivity contribution in [3.63, 3.8) is 0 Å². The molecule has 0 amide bonds. The molecule has 1 aliphatic carbocycles. The quantitative estimate of drug-likeness (QED) is 0.150. The van der Waals surface area contributed by atoms with Crippen LogP contribution in [0.4, 0.5) is 34.1 Å². The highest BCUT2D eigenvalue weighted by atomic mass is 15.2. The Morgan fingerprint density at radius 1 is 0.318 bits per heavy atom. The zero-order chi connectivity index (χ0) is 44.2. The highest BCUT2D eigenvalue weighted by molar-refractivity contribution is 5.92. The van der Waals surface area contributed by atoms with Crippen LogP contribution in [0.3, 0.4) is 0 Å². The van der Waals surface area contributed by atoms with Crippen molar-refractivity contribution in [2.45, 2.75) is 24.7 Å². The highest BCUT2D eigenvalue weighted by Crippen LogP contribution is 2.58. The van der Waals surface area contributed by atoms with Gasteiger partial charge < -0.3 is 9.80 Å². The Balaban J connectivity index is 1.05. The molecule has 1 heterocycles. The molecule has 0 aromatic heterocycles. The third kappa shape index (κ3) is 6.25. The van der Waals surface area contributed by atoms with Crippen LogP contribution in [-0.4, -0.2) is 0 Å². The zero-order valence-corrected chi connectivity index (χ0v) is 37.1. The van der Waals surface area contributed by atoms with Gasteiger partial charge in [-0.2, -0.15) is 0 Å². The lowest BCUT2D eigenvalue weighted by atomic mass is 9.62. The van der Waals surface area contributed by atoms with E-state index in [-0.39, 0.29) is 5.41 Å². The van der Waals surface area contributed by atoms with Gasteiger partial charge in [0.15, 0.2) is 0 Å². The molecule has 2 nitrogen and oxygen atoms in total. The second-order valence-electron chi connectivity index (χ2n) is 18.1. The van der Waals surface area contributed by atoms with Crippen molar-refractivity contribution in [3.8, 4) is 33.4 Å². The minimum absolute atomic E-state index is 0.131. The summed E-state index contributed by atoms with van der Waals surface area (Å²) in [5, 5.41) is 0. The van der Waals surface area contributed by atoms with Crippen molar-refractivity contribution in [1.29, 1.82) is 0 Å². The van der Waals surface area contributed by atoms with Gasteiger partial charge in [0.1, 0.15) is 0 Å². The molecule has 0 fully saturated rings. The molecule has 314 valence electrons. The van der Waals surface area contributed by atoms with Gasteiger partial charge in [-0.1, -0.05) is 208 Å². The van der Waals surface area contributed by atoms with Crippen molar-refractivity contribution in [2.24, 2.45) is 0 Å². The summed E-state index contributed by atoms with van der Waals surface area (Å²) in [5.41, 5.74) is 21.1. The minimum atomic E-state index is -0.566. The SMILES string of the molecule is CC1(C)c2ccccc2-c2ccc(N(c3ccc(-c4ccccc4)cc3)c3cccc(-c4ccc5c(c4)N(c4ccccc4)c4ccccc4C5(c4ccccc4)c4ccccc4)c3)cc21. The minimum Gasteiger partial charge on any atom is -0.310 e. The number of anilines is 6. The molecule has 0 saturated carbocycles. The van der Waals surface area contributed by atoms with Crippen LogP contribution in [0.15, 0.2) is 255 Å². The Kier molecular flexibility index (Phi) is 9.43. The van der Waals surface area contributed by atoms with E-state index in [1.165, 1.54) is 61.3 Å². The van der Waals surface area contributed by atoms with Gasteiger partial charge in [0, 0.05) is 28.2 Å². The molecule has 0 saturated heterocycles. The van der Waals surface area contributed by atoms with Gasteiger partial charge >= 0.3 is 0 Å². The predicted molar refractivity (Wildman–Crippen MR) is 276 cm³/mol. The molecule has 0 bridgehead atoms. The van der Waals surface area contributed by atoms with Crippen molar-refractivity contribution < 1.29 is 0 Å². The lowest BCUT2D eigenvalue weighted by Gasteiger charge is -2.46. The first-order valence-electron chi connectivity index (χ1n) is 23.0. The Hall–Kier alpha value is -8.20. The molecule has 2 aliphatic rings. The van der Waals surface area contributed by atoms with E-state index in [0.29, 0.717) is 0 Å². The number of hydrogen-bond donors (Lipinski definition) is 0. The van der Waals surface area contributed by atoms with Crippen LogP contribution < -0.4 is 9.80 Å². The fourth-order valence-electron chi connectivity index (χ4n) is 11.0. The van der Waals surface area contributed by atoms with Crippen molar-refractivity contribution >= 4 is 34.1 Å². The van der Waals surface area contributed by atoms with Gasteiger partial charge in [-0.3, -0.25) is 0 Å². The lowest BCUT2D eigenvalue weighted by Crippen LogP contribution is -2.37. The van der Waals surface area contributed by atoms with E-state index >= 15 is 0 Å². The Morgan fingerprint density at radius 2 is 0.818 bits per heavy atom. The summed E-state index contributed by atoms with van der Waals surface area (Å²) in [6, 6.07) is 93.8. The van der Waals surface area contributed by atoms with E-state index in [1.54, 1.807) is 0 Å². The van der Waals surface area contributed by atoms with Gasteiger partial charge in [0.05, 0.1) is 16.8 Å². The average molecular weight is 845 g/mol. The molecule has 0 radical (unpaired) electrons. The first-order chi connectivity index (χ1) is 32.5. The summed E-state index contributed by atoms with van der Waals surface area (Å²) in [6.07, 6.45) is 0. The van der Waals surface area contributed by atoms with Gasteiger partial charge in [-0.25, -0.2) is 0 Å². The van der Waals surface area contributed by atoms with Gasteiger partial charge in [0.25, 0.3) is 0 Å². The number of rotatable bonds is 8. The van der Waals surface area contributed by atoms with Crippen LogP contribution in [0.5, 0.6) is 0 Å². The summed E-state index contributed by atoms with van der Waals surface area (Å²) in [4.78, 5) is 4.89. The second-order valence-corrected chi connectivity index (χ2v) is 18.1. The number of fused-ring (bicyclic) bond motifs is 5. The lowest BCUT2D eigenvalue weighted by molar-refractivity contribution is 0.660. The molecule has 1 aliphatic heterocycles. The van der Waals surface area contributed by atoms with Gasteiger partial charge in [0.2, 0.25) is 0 Å². The Morgan fingerprint density at radius 3 is 1.53 bits per heavy atom. The Labute approximate surface area is 388 Å². The fraction of sp³-hybridized carbons (Fsp3) is 0.0625. The average Bonchev–Trinajstić information content (AvgIpc) is 3.62. The van der Waals surface area contributed by atoms with Crippen molar-refractivity contribution in [3.05, 3.63) is 288 Å². The maximum Gasteiger partial charge on any atom is 0.0742 e. The molecule has 10 aromatic carbocycles. The standard InChI is InChI=1S/C64H48N2/c1-63(2)57-31-16-15-30-55(57)56-40-39-54(44-60(56)63)65(52-37-34-46(35-38-52)45-20-7-3-8-21-45)53-29-19-22-47(42-53)48-36-41-59-62(43-48)66(51-27-13-6-14-28-51)61-33-18-17-32-58(61)64(59,49-23-9-4-10-24-49)50-25-11-5-12-26-50/h3-44H,1-2H3. The molecule has 66 heavy (non-hydrogen) atoms. The normalized spacial score (nSPS) is 13.8. The maximum atomic E-state index is 2.47. The van der Waals surface area contributed by atoms with Crippen LogP contribution in [0.1, 0.15) is 47.2 Å². The van der Waals surface area contributed by atoms with E-state index in [0.717, 1.165) is 39.6 Å². The third-order valence-corrected chi connectivity index (χ3v) is 14.1. The third-order valence-electron chi connectivity index (χ3n) is 14.1. The second kappa shape index (κ2) is 15.8. The molecular formula is C64H48N2.